The van der Waals surface area contributed by atoms with Gasteiger partial charge in [-0.3, -0.25) is 14.0 Å². The molecule has 30 heavy (non-hydrogen) atoms. The van der Waals surface area contributed by atoms with Gasteiger partial charge in [0.15, 0.2) is 11.2 Å². The number of hydrogen-bond donors (Lipinski definition) is 1. The largest absolute Gasteiger partial charge is 0.416 e. The number of rotatable bonds is 5. The third-order valence-electron chi connectivity index (χ3n) is 4.52. The molecule has 0 spiro atoms. The Kier molecular flexibility index (Phi) is 4.88. The van der Waals surface area contributed by atoms with Crippen LogP contribution >= 0.6 is 0 Å². The predicted molar refractivity (Wildman–Crippen MR) is 100 cm³/mol. The quantitative estimate of drug-likeness (QED) is 0.395. The maximum atomic E-state index is 14.0. The lowest BCUT2D eigenvalue weighted by molar-refractivity contribution is -0.137. The number of hydrogen-bond acceptors (Lipinski definition) is 4. The smallest absolute Gasteiger partial charge is 0.332 e. The topological polar surface area (TPSA) is 81.4 Å². The molecule has 0 unspecified atom stereocenters. The van der Waals surface area contributed by atoms with E-state index >= 15 is 0 Å². The van der Waals surface area contributed by atoms with E-state index in [1.807, 2.05) is 6.92 Å². The first-order valence-electron chi connectivity index (χ1n) is 9.11. The SMILES string of the molecule is CCCn1c(F)nc2nc(-c3cnn(Cc4cccc(C(F)(F)F)c4)c3)[nH]c2c1=O. The minimum atomic E-state index is -4.42. The molecule has 4 rings (SSSR count). The fraction of sp³-hybridized carbons (Fsp3) is 0.263. The second-order valence-corrected chi connectivity index (χ2v) is 6.75. The van der Waals surface area contributed by atoms with Crippen LogP contribution in [0.2, 0.25) is 0 Å². The van der Waals surface area contributed by atoms with Crippen LogP contribution in [0.25, 0.3) is 22.6 Å². The summed E-state index contributed by atoms with van der Waals surface area (Å²) in [4.78, 5) is 23.2. The highest BCUT2D eigenvalue weighted by atomic mass is 19.4. The zero-order chi connectivity index (χ0) is 21.5. The number of imidazole rings is 1. The van der Waals surface area contributed by atoms with Crippen molar-refractivity contribution in [2.45, 2.75) is 32.6 Å². The Hall–Kier alpha value is -3.50. The Morgan fingerprint density at radius 2 is 2.00 bits per heavy atom. The first-order chi connectivity index (χ1) is 14.3. The number of halogens is 4. The zero-order valence-corrected chi connectivity index (χ0v) is 15.7. The van der Waals surface area contributed by atoms with Crippen LogP contribution < -0.4 is 5.56 Å². The minimum absolute atomic E-state index is 0.0505. The van der Waals surface area contributed by atoms with Crippen molar-refractivity contribution >= 4 is 11.2 Å². The summed E-state index contributed by atoms with van der Waals surface area (Å²) in [5, 5.41) is 4.13. The number of nitrogens with zero attached hydrogens (tertiary/aromatic N) is 5. The summed E-state index contributed by atoms with van der Waals surface area (Å²) in [6.07, 6.45) is -1.75. The maximum absolute atomic E-state index is 14.0. The first-order valence-corrected chi connectivity index (χ1v) is 9.11. The lowest BCUT2D eigenvalue weighted by Crippen LogP contribution is -2.24. The van der Waals surface area contributed by atoms with Crippen molar-refractivity contribution in [3.8, 4) is 11.4 Å². The highest BCUT2D eigenvalue weighted by molar-refractivity contribution is 5.74. The van der Waals surface area contributed by atoms with Gasteiger partial charge >= 0.3 is 6.18 Å². The van der Waals surface area contributed by atoms with Gasteiger partial charge in [-0.1, -0.05) is 19.1 Å². The van der Waals surface area contributed by atoms with E-state index in [1.165, 1.54) is 16.9 Å². The monoisotopic (exact) mass is 420 g/mol. The van der Waals surface area contributed by atoms with E-state index in [4.69, 9.17) is 0 Å². The Morgan fingerprint density at radius 3 is 2.73 bits per heavy atom. The normalized spacial score (nSPS) is 12.0. The van der Waals surface area contributed by atoms with Gasteiger partial charge in [0.1, 0.15) is 5.82 Å². The van der Waals surface area contributed by atoms with Crippen LogP contribution in [0.15, 0.2) is 41.5 Å². The van der Waals surface area contributed by atoms with Gasteiger partial charge in [-0.05, 0) is 24.1 Å². The van der Waals surface area contributed by atoms with E-state index in [9.17, 15) is 22.4 Å². The third kappa shape index (κ3) is 3.70. The van der Waals surface area contributed by atoms with Gasteiger partial charge in [0.2, 0.25) is 0 Å². The molecule has 0 saturated heterocycles. The van der Waals surface area contributed by atoms with Crippen molar-refractivity contribution in [1.82, 2.24) is 29.3 Å². The van der Waals surface area contributed by atoms with E-state index < -0.39 is 23.4 Å². The first kappa shape index (κ1) is 19.8. The van der Waals surface area contributed by atoms with Gasteiger partial charge in [0.25, 0.3) is 11.6 Å². The summed E-state index contributed by atoms with van der Waals surface area (Å²) in [7, 11) is 0. The van der Waals surface area contributed by atoms with E-state index in [2.05, 4.69) is 20.1 Å². The van der Waals surface area contributed by atoms with E-state index in [1.54, 1.807) is 12.3 Å². The molecule has 1 aromatic carbocycles. The number of aromatic amines is 1. The maximum Gasteiger partial charge on any atom is 0.416 e. The molecule has 0 aliphatic carbocycles. The van der Waals surface area contributed by atoms with Gasteiger partial charge in [0, 0.05) is 12.7 Å². The second kappa shape index (κ2) is 7.39. The molecule has 11 heteroatoms. The Bertz CT molecular complexity index is 1270. The summed E-state index contributed by atoms with van der Waals surface area (Å²) in [6, 6.07) is 4.97. The average molecular weight is 420 g/mol. The van der Waals surface area contributed by atoms with Crippen molar-refractivity contribution in [2.24, 2.45) is 0 Å². The molecule has 4 aromatic rings. The standard InChI is InChI=1S/C19H16F4N6O/c1-2-6-29-17(30)14-16(27-18(29)20)26-15(25-14)12-8-24-28(10-12)9-11-4-3-5-13(7-11)19(21,22)23/h3-5,7-8,10H,2,6,9H2,1H3,(H,25,26). The summed E-state index contributed by atoms with van der Waals surface area (Å²) >= 11 is 0. The minimum Gasteiger partial charge on any atom is -0.332 e. The molecule has 156 valence electrons. The number of fused-ring (bicyclic) bond motifs is 1. The van der Waals surface area contributed by atoms with Crippen LogP contribution in [-0.2, 0) is 19.3 Å². The second-order valence-electron chi connectivity index (χ2n) is 6.75. The summed E-state index contributed by atoms with van der Waals surface area (Å²) < 4.78 is 55.1. The van der Waals surface area contributed by atoms with Crippen molar-refractivity contribution < 1.29 is 17.6 Å². The predicted octanol–water partition coefficient (Wildman–Crippen LogP) is 3.60. The van der Waals surface area contributed by atoms with Crippen LogP contribution in [0.3, 0.4) is 0 Å². The molecule has 0 amide bonds. The summed E-state index contributed by atoms with van der Waals surface area (Å²) in [5.41, 5.74) is -0.358. The molecule has 0 radical (unpaired) electrons. The van der Waals surface area contributed by atoms with Crippen molar-refractivity contribution in [1.29, 1.82) is 0 Å². The van der Waals surface area contributed by atoms with E-state index in [0.29, 0.717) is 17.5 Å². The van der Waals surface area contributed by atoms with Gasteiger partial charge in [-0.2, -0.15) is 27.6 Å². The highest BCUT2D eigenvalue weighted by Crippen LogP contribution is 2.29. The molecule has 0 fully saturated rings. The molecular formula is C19H16F4N6O. The van der Waals surface area contributed by atoms with E-state index in [0.717, 1.165) is 16.7 Å². The Balaban J connectivity index is 1.64. The van der Waals surface area contributed by atoms with Crippen LogP contribution in [0.5, 0.6) is 0 Å². The molecule has 7 nitrogen and oxygen atoms in total. The fourth-order valence-electron chi connectivity index (χ4n) is 3.12. The van der Waals surface area contributed by atoms with Gasteiger partial charge in [0.05, 0.1) is 23.9 Å². The molecule has 0 saturated carbocycles. The number of benzene rings is 1. The lowest BCUT2D eigenvalue weighted by atomic mass is 10.1. The molecule has 3 heterocycles. The summed E-state index contributed by atoms with van der Waals surface area (Å²) in [6.45, 7) is 2.12. The van der Waals surface area contributed by atoms with E-state index in [-0.39, 0.29) is 30.1 Å². The average Bonchev–Trinajstić information content (AvgIpc) is 3.32. The molecule has 0 atom stereocenters. The number of H-pyrrole nitrogens is 1. The summed E-state index contributed by atoms with van der Waals surface area (Å²) in [5.74, 6) is 0.263. The number of aromatic nitrogens is 6. The van der Waals surface area contributed by atoms with Crippen molar-refractivity contribution in [3.05, 3.63) is 64.2 Å². The van der Waals surface area contributed by atoms with Crippen LogP contribution in [0, 0.1) is 6.08 Å². The molecule has 1 N–H and O–H groups in total. The Morgan fingerprint density at radius 1 is 1.20 bits per heavy atom. The fourth-order valence-corrected chi connectivity index (χ4v) is 3.12. The van der Waals surface area contributed by atoms with Gasteiger partial charge in [-0.25, -0.2) is 4.98 Å². The zero-order valence-electron chi connectivity index (χ0n) is 15.7. The number of alkyl halides is 3. The van der Waals surface area contributed by atoms with Crippen LogP contribution in [-0.4, -0.2) is 29.3 Å². The lowest BCUT2D eigenvalue weighted by Gasteiger charge is -2.08. The van der Waals surface area contributed by atoms with Crippen LogP contribution in [0.4, 0.5) is 17.6 Å². The molecule has 0 aliphatic heterocycles. The van der Waals surface area contributed by atoms with Crippen molar-refractivity contribution in [2.75, 3.05) is 0 Å². The molecular weight excluding hydrogens is 404 g/mol. The molecule has 0 aliphatic rings. The third-order valence-corrected chi connectivity index (χ3v) is 4.52. The van der Waals surface area contributed by atoms with Gasteiger partial charge in [-0.15, -0.1) is 0 Å². The molecule has 3 aromatic heterocycles. The van der Waals surface area contributed by atoms with Crippen molar-refractivity contribution in [3.63, 3.8) is 0 Å². The van der Waals surface area contributed by atoms with Crippen LogP contribution in [0.1, 0.15) is 24.5 Å². The Labute approximate surface area is 167 Å². The highest BCUT2D eigenvalue weighted by Gasteiger charge is 2.30. The van der Waals surface area contributed by atoms with Gasteiger partial charge < -0.3 is 4.98 Å². The molecule has 0 bridgehead atoms. The number of nitrogens with one attached hydrogen (secondary N) is 1.